The summed E-state index contributed by atoms with van der Waals surface area (Å²) in [5.74, 6) is 0.00595. The Morgan fingerprint density at radius 2 is 1.94 bits per heavy atom. The summed E-state index contributed by atoms with van der Waals surface area (Å²) in [4.78, 5) is 13.6. The fourth-order valence-electron chi connectivity index (χ4n) is 1.03. The molecule has 0 aromatic heterocycles. The van der Waals surface area contributed by atoms with Crippen LogP contribution in [-0.4, -0.2) is 55.2 Å². The van der Waals surface area contributed by atoms with Crippen LogP contribution in [0.2, 0.25) is 0 Å². The number of hydrogen-bond donors (Lipinski definition) is 0. The van der Waals surface area contributed by atoms with E-state index in [1.165, 1.54) is 0 Å². The average Bonchev–Trinajstić information content (AvgIpc) is 2.19. The number of methoxy groups -OCH3 is 1. The lowest BCUT2D eigenvalue weighted by molar-refractivity contribution is -0.141. The third kappa shape index (κ3) is 8.07. The van der Waals surface area contributed by atoms with Crippen molar-refractivity contribution in [2.24, 2.45) is 0 Å². The number of carbonyl (C=O) groups is 1. The summed E-state index contributed by atoms with van der Waals surface area (Å²) in [6, 6.07) is 0. The lowest BCUT2D eigenvalue weighted by atomic mass is 10.2. The fourth-order valence-corrected chi connectivity index (χ4v) is 1.46. The summed E-state index contributed by atoms with van der Waals surface area (Å²) >= 11 is 3.33. The standard InChI is InChI=1S/C11H22BrNO3/c1-11(2,3)16-9-10(14)13(6-5-12)7-8-15-4/h5-9H2,1-4H3. The van der Waals surface area contributed by atoms with Crippen LogP contribution in [0.4, 0.5) is 0 Å². The van der Waals surface area contributed by atoms with E-state index in [0.29, 0.717) is 19.7 Å². The van der Waals surface area contributed by atoms with E-state index in [1.807, 2.05) is 20.8 Å². The van der Waals surface area contributed by atoms with Gasteiger partial charge in [0.1, 0.15) is 6.61 Å². The molecule has 0 aliphatic rings. The molecule has 0 N–H and O–H groups in total. The van der Waals surface area contributed by atoms with E-state index in [1.54, 1.807) is 12.0 Å². The average molecular weight is 296 g/mol. The van der Waals surface area contributed by atoms with Crippen LogP contribution in [-0.2, 0) is 14.3 Å². The van der Waals surface area contributed by atoms with Crippen molar-refractivity contribution >= 4 is 21.8 Å². The number of nitrogens with zero attached hydrogens (tertiary/aromatic N) is 1. The molecule has 96 valence electrons. The molecular weight excluding hydrogens is 274 g/mol. The van der Waals surface area contributed by atoms with Crippen molar-refractivity contribution in [2.75, 3.05) is 38.7 Å². The van der Waals surface area contributed by atoms with Gasteiger partial charge in [-0.05, 0) is 20.8 Å². The largest absolute Gasteiger partial charge is 0.383 e. The first-order valence-corrected chi connectivity index (χ1v) is 6.49. The number of halogens is 1. The molecule has 0 aromatic carbocycles. The van der Waals surface area contributed by atoms with Crippen LogP contribution in [0.15, 0.2) is 0 Å². The van der Waals surface area contributed by atoms with Crippen LogP contribution in [0.3, 0.4) is 0 Å². The zero-order valence-electron chi connectivity index (χ0n) is 10.6. The molecule has 0 unspecified atom stereocenters. The Balaban J connectivity index is 4.05. The Hall–Kier alpha value is -0.130. The molecule has 0 aromatic rings. The minimum atomic E-state index is -0.281. The maximum absolute atomic E-state index is 11.8. The van der Waals surface area contributed by atoms with Crippen LogP contribution >= 0.6 is 15.9 Å². The zero-order valence-corrected chi connectivity index (χ0v) is 12.2. The predicted octanol–water partition coefficient (Wildman–Crippen LogP) is 1.67. The van der Waals surface area contributed by atoms with E-state index >= 15 is 0 Å². The molecule has 0 radical (unpaired) electrons. The molecule has 0 rings (SSSR count). The van der Waals surface area contributed by atoms with Crippen LogP contribution in [0.5, 0.6) is 0 Å². The van der Waals surface area contributed by atoms with Crippen molar-refractivity contribution in [2.45, 2.75) is 26.4 Å². The molecule has 0 saturated heterocycles. The summed E-state index contributed by atoms with van der Waals surface area (Å²) in [6.07, 6.45) is 0. The van der Waals surface area contributed by atoms with Gasteiger partial charge in [-0.3, -0.25) is 4.79 Å². The topological polar surface area (TPSA) is 38.8 Å². The minimum Gasteiger partial charge on any atom is -0.383 e. The normalized spacial score (nSPS) is 11.6. The molecular formula is C11H22BrNO3. The highest BCUT2D eigenvalue weighted by atomic mass is 79.9. The Bertz CT molecular complexity index is 204. The molecule has 4 nitrogen and oxygen atoms in total. The number of alkyl halides is 1. The lowest BCUT2D eigenvalue weighted by Crippen LogP contribution is -2.39. The first-order valence-electron chi connectivity index (χ1n) is 5.37. The van der Waals surface area contributed by atoms with E-state index in [4.69, 9.17) is 9.47 Å². The number of carbonyl (C=O) groups excluding carboxylic acids is 1. The van der Waals surface area contributed by atoms with Crippen molar-refractivity contribution in [3.8, 4) is 0 Å². The summed E-state index contributed by atoms with van der Waals surface area (Å²) in [5, 5.41) is 0.762. The molecule has 0 fully saturated rings. The van der Waals surface area contributed by atoms with Gasteiger partial charge in [0, 0.05) is 25.5 Å². The Labute approximate surface area is 106 Å². The van der Waals surface area contributed by atoms with E-state index in [2.05, 4.69) is 15.9 Å². The fraction of sp³-hybridized carbons (Fsp3) is 0.909. The molecule has 0 bridgehead atoms. The maximum atomic E-state index is 11.8. The van der Waals surface area contributed by atoms with Crippen molar-refractivity contribution in [3.05, 3.63) is 0 Å². The molecule has 0 atom stereocenters. The van der Waals surface area contributed by atoms with Crippen molar-refractivity contribution < 1.29 is 14.3 Å². The van der Waals surface area contributed by atoms with Gasteiger partial charge in [-0.2, -0.15) is 0 Å². The second-order valence-electron chi connectivity index (χ2n) is 4.46. The smallest absolute Gasteiger partial charge is 0.248 e. The van der Waals surface area contributed by atoms with Crippen molar-refractivity contribution in [1.82, 2.24) is 4.90 Å². The van der Waals surface area contributed by atoms with Gasteiger partial charge in [0.05, 0.1) is 12.2 Å². The number of ether oxygens (including phenoxy) is 2. The van der Waals surface area contributed by atoms with Gasteiger partial charge in [-0.15, -0.1) is 0 Å². The number of amides is 1. The minimum absolute atomic E-state index is 0.00595. The summed E-state index contributed by atoms with van der Waals surface area (Å²) in [5.41, 5.74) is -0.281. The van der Waals surface area contributed by atoms with Crippen LogP contribution in [0.25, 0.3) is 0 Å². The summed E-state index contributed by atoms with van der Waals surface area (Å²) in [6.45, 7) is 7.76. The molecule has 0 heterocycles. The van der Waals surface area contributed by atoms with Gasteiger partial charge in [-0.25, -0.2) is 0 Å². The summed E-state index contributed by atoms with van der Waals surface area (Å²) < 4.78 is 10.4. The number of rotatable bonds is 7. The third-order valence-electron chi connectivity index (χ3n) is 1.90. The quantitative estimate of drug-likeness (QED) is 0.671. The summed E-state index contributed by atoms with van der Waals surface area (Å²) in [7, 11) is 1.63. The molecule has 16 heavy (non-hydrogen) atoms. The van der Waals surface area contributed by atoms with Gasteiger partial charge in [0.2, 0.25) is 5.91 Å². The number of hydrogen-bond acceptors (Lipinski definition) is 3. The van der Waals surface area contributed by atoms with E-state index < -0.39 is 0 Å². The first-order chi connectivity index (χ1) is 7.40. The van der Waals surface area contributed by atoms with Gasteiger partial charge < -0.3 is 14.4 Å². The third-order valence-corrected chi connectivity index (χ3v) is 2.26. The highest BCUT2D eigenvalue weighted by Gasteiger charge is 2.17. The highest BCUT2D eigenvalue weighted by molar-refractivity contribution is 9.09. The molecule has 1 amide bonds. The maximum Gasteiger partial charge on any atom is 0.248 e. The highest BCUT2D eigenvalue weighted by Crippen LogP contribution is 2.07. The predicted molar refractivity (Wildman–Crippen MR) is 68.0 cm³/mol. The second kappa shape index (κ2) is 8.03. The lowest BCUT2D eigenvalue weighted by Gasteiger charge is -2.24. The van der Waals surface area contributed by atoms with Crippen LogP contribution in [0.1, 0.15) is 20.8 Å². The van der Waals surface area contributed by atoms with Crippen molar-refractivity contribution in [3.63, 3.8) is 0 Å². The second-order valence-corrected chi connectivity index (χ2v) is 5.26. The monoisotopic (exact) mass is 295 g/mol. The van der Waals surface area contributed by atoms with Gasteiger partial charge >= 0.3 is 0 Å². The van der Waals surface area contributed by atoms with Crippen LogP contribution in [0, 0.1) is 0 Å². The SMILES string of the molecule is COCCN(CCBr)C(=O)COC(C)(C)C. The molecule has 0 spiro atoms. The van der Waals surface area contributed by atoms with Crippen molar-refractivity contribution in [1.29, 1.82) is 0 Å². The first kappa shape index (κ1) is 15.9. The van der Waals surface area contributed by atoms with Gasteiger partial charge in [0.25, 0.3) is 0 Å². The van der Waals surface area contributed by atoms with Gasteiger partial charge in [0.15, 0.2) is 0 Å². The Morgan fingerprint density at radius 3 is 2.38 bits per heavy atom. The zero-order chi connectivity index (χ0) is 12.6. The van der Waals surface area contributed by atoms with Crippen LogP contribution < -0.4 is 0 Å². The Morgan fingerprint density at radius 1 is 1.31 bits per heavy atom. The van der Waals surface area contributed by atoms with E-state index in [0.717, 1.165) is 5.33 Å². The molecule has 0 aliphatic carbocycles. The Kier molecular flexibility index (Phi) is 7.97. The van der Waals surface area contributed by atoms with E-state index in [-0.39, 0.29) is 18.1 Å². The van der Waals surface area contributed by atoms with E-state index in [9.17, 15) is 4.79 Å². The van der Waals surface area contributed by atoms with Gasteiger partial charge in [-0.1, -0.05) is 15.9 Å². The molecule has 0 saturated carbocycles. The molecule has 0 aliphatic heterocycles. The molecule has 5 heteroatoms.